The standard InChI is InChI=1S/C16H14N6O/c17-15(22-23)10-5-7-12(8-6-10)20-21-14-13-4-2-1-3-11(13)9-19-16(14)18/h1-9,17,20-21H,(H2,18,19). The molecule has 7 heteroatoms. The number of pyridine rings is 1. The minimum absolute atomic E-state index is 0.299. The second-order valence-corrected chi connectivity index (χ2v) is 4.87. The molecule has 5 N–H and O–H groups in total. The van der Waals surface area contributed by atoms with E-state index in [4.69, 9.17) is 11.1 Å². The Hall–Kier alpha value is -3.48. The summed E-state index contributed by atoms with van der Waals surface area (Å²) < 4.78 is 0. The molecule has 0 unspecified atom stereocenters. The smallest absolute Gasteiger partial charge is 0.196 e. The molecule has 3 aromatic rings. The van der Waals surface area contributed by atoms with Gasteiger partial charge in [-0.3, -0.25) is 10.8 Å². The van der Waals surface area contributed by atoms with E-state index in [0.29, 0.717) is 17.1 Å². The predicted molar refractivity (Wildman–Crippen MR) is 92.5 cm³/mol. The fourth-order valence-corrected chi connectivity index (χ4v) is 2.21. The highest BCUT2D eigenvalue weighted by atomic mass is 16.3. The molecule has 7 nitrogen and oxygen atoms in total. The van der Waals surface area contributed by atoms with Crippen molar-refractivity contribution in [2.45, 2.75) is 0 Å². The van der Waals surface area contributed by atoms with Gasteiger partial charge in [0.2, 0.25) is 0 Å². The van der Waals surface area contributed by atoms with Gasteiger partial charge in [0, 0.05) is 22.5 Å². The van der Waals surface area contributed by atoms with Crippen molar-refractivity contribution in [3.63, 3.8) is 0 Å². The van der Waals surface area contributed by atoms with Crippen molar-refractivity contribution in [1.82, 2.24) is 4.98 Å². The van der Waals surface area contributed by atoms with Crippen molar-refractivity contribution >= 4 is 33.8 Å². The Labute approximate surface area is 132 Å². The molecule has 2 aromatic carbocycles. The summed E-state index contributed by atoms with van der Waals surface area (Å²) in [6.07, 6.45) is 1.72. The summed E-state index contributed by atoms with van der Waals surface area (Å²) in [4.78, 5) is 14.5. The van der Waals surface area contributed by atoms with E-state index in [1.165, 1.54) is 0 Å². The van der Waals surface area contributed by atoms with Crippen LogP contribution in [0.5, 0.6) is 0 Å². The number of nitrogens with zero attached hydrogens (tertiary/aromatic N) is 2. The average Bonchev–Trinajstić information content (AvgIpc) is 2.60. The Kier molecular flexibility index (Phi) is 3.84. The first-order valence-electron chi connectivity index (χ1n) is 6.86. The van der Waals surface area contributed by atoms with Crippen molar-refractivity contribution in [3.8, 4) is 0 Å². The minimum Gasteiger partial charge on any atom is -0.382 e. The van der Waals surface area contributed by atoms with E-state index in [1.807, 2.05) is 24.3 Å². The van der Waals surface area contributed by atoms with Gasteiger partial charge in [-0.15, -0.1) is 4.91 Å². The molecule has 0 fully saturated rings. The maximum Gasteiger partial charge on any atom is 0.196 e. The van der Waals surface area contributed by atoms with Gasteiger partial charge in [-0.1, -0.05) is 24.3 Å². The first kappa shape index (κ1) is 14.5. The van der Waals surface area contributed by atoms with E-state index in [1.54, 1.807) is 30.5 Å². The third kappa shape index (κ3) is 2.93. The van der Waals surface area contributed by atoms with E-state index in [2.05, 4.69) is 21.0 Å². The lowest BCUT2D eigenvalue weighted by molar-refractivity contribution is 1.33. The van der Waals surface area contributed by atoms with Crippen LogP contribution in [0.25, 0.3) is 10.8 Å². The zero-order chi connectivity index (χ0) is 16.2. The lowest BCUT2D eigenvalue weighted by atomic mass is 10.1. The second-order valence-electron chi connectivity index (χ2n) is 4.87. The van der Waals surface area contributed by atoms with Gasteiger partial charge in [0.15, 0.2) is 5.84 Å². The van der Waals surface area contributed by atoms with Crippen molar-refractivity contribution in [1.29, 1.82) is 5.41 Å². The monoisotopic (exact) mass is 306 g/mol. The Morgan fingerprint density at radius 2 is 1.83 bits per heavy atom. The number of nitrogens with one attached hydrogen (secondary N) is 3. The number of aromatic nitrogens is 1. The highest BCUT2D eigenvalue weighted by Crippen LogP contribution is 2.27. The number of nitroso groups, excluding NO2 is 1. The van der Waals surface area contributed by atoms with Crippen molar-refractivity contribution in [2.75, 3.05) is 16.6 Å². The van der Waals surface area contributed by atoms with Gasteiger partial charge < -0.3 is 11.2 Å². The summed E-state index contributed by atoms with van der Waals surface area (Å²) in [6.45, 7) is 0. The topological polar surface area (TPSA) is 116 Å². The molecule has 0 amide bonds. The third-order valence-corrected chi connectivity index (χ3v) is 3.41. The van der Waals surface area contributed by atoms with Gasteiger partial charge in [0.1, 0.15) is 11.5 Å². The van der Waals surface area contributed by atoms with E-state index in [0.717, 1.165) is 16.5 Å². The number of hydrogen-bond acceptors (Lipinski definition) is 6. The highest BCUT2D eigenvalue weighted by Gasteiger charge is 2.06. The van der Waals surface area contributed by atoms with Crippen LogP contribution in [0.2, 0.25) is 0 Å². The van der Waals surface area contributed by atoms with Crippen LogP contribution in [0, 0.1) is 10.3 Å². The third-order valence-electron chi connectivity index (χ3n) is 3.41. The SMILES string of the molecule is N=C(N=O)c1ccc(NNc2c(N)ncc3ccccc23)cc1. The van der Waals surface area contributed by atoms with Crippen LogP contribution in [0.3, 0.4) is 0 Å². The lowest BCUT2D eigenvalue weighted by Crippen LogP contribution is -2.11. The van der Waals surface area contributed by atoms with Gasteiger partial charge >= 0.3 is 0 Å². The summed E-state index contributed by atoms with van der Waals surface area (Å²) in [5, 5.41) is 11.9. The van der Waals surface area contributed by atoms with Crippen LogP contribution >= 0.6 is 0 Å². The summed E-state index contributed by atoms with van der Waals surface area (Å²) >= 11 is 0. The molecule has 0 aliphatic heterocycles. The average molecular weight is 306 g/mol. The zero-order valence-corrected chi connectivity index (χ0v) is 12.1. The molecule has 0 aliphatic carbocycles. The fraction of sp³-hybridized carbons (Fsp3) is 0. The molecule has 0 saturated carbocycles. The van der Waals surface area contributed by atoms with Crippen molar-refractivity contribution < 1.29 is 0 Å². The molecule has 3 rings (SSSR count). The molecule has 0 bridgehead atoms. The number of rotatable bonds is 4. The Bertz CT molecular complexity index is 875. The number of anilines is 3. The first-order chi connectivity index (χ1) is 11.2. The number of benzene rings is 2. The molecule has 0 spiro atoms. The number of amidine groups is 1. The lowest BCUT2D eigenvalue weighted by Gasteiger charge is -2.14. The second kappa shape index (κ2) is 6.10. The van der Waals surface area contributed by atoms with E-state index in [9.17, 15) is 4.91 Å². The summed E-state index contributed by atoms with van der Waals surface area (Å²) in [5.74, 6) is 0.0896. The van der Waals surface area contributed by atoms with Crippen LogP contribution in [0.15, 0.2) is 59.9 Å². The predicted octanol–water partition coefficient (Wildman–Crippen LogP) is 3.35. The normalized spacial score (nSPS) is 10.3. The Balaban J connectivity index is 1.82. The number of nitrogen functional groups attached to an aromatic ring is 1. The summed E-state index contributed by atoms with van der Waals surface area (Å²) in [6, 6.07) is 14.5. The number of hydrazine groups is 1. The van der Waals surface area contributed by atoms with Gasteiger partial charge in [-0.25, -0.2) is 4.98 Å². The largest absolute Gasteiger partial charge is 0.382 e. The van der Waals surface area contributed by atoms with E-state index in [-0.39, 0.29) is 5.84 Å². The maximum atomic E-state index is 10.3. The van der Waals surface area contributed by atoms with Gasteiger partial charge in [-0.05, 0) is 29.4 Å². The van der Waals surface area contributed by atoms with Crippen LogP contribution in [-0.2, 0) is 0 Å². The van der Waals surface area contributed by atoms with Crippen LogP contribution in [0.4, 0.5) is 17.2 Å². The molecule has 0 atom stereocenters. The molecule has 1 heterocycles. The molecule has 0 saturated heterocycles. The van der Waals surface area contributed by atoms with E-state index < -0.39 is 0 Å². The zero-order valence-electron chi connectivity index (χ0n) is 12.1. The minimum atomic E-state index is -0.299. The van der Waals surface area contributed by atoms with Gasteiger partial charge in [0.25, 0.3) is 0 Å². The quantitative estimate of drug-likeness (QED) is 0.255. The maximum absolute atomic E-state index is 10.3. The highest BCUT2D eigenvalue weighted by molar-refractivity contribution is 5.98. The van der Waals surface area contributed by atoms with Gasteiger partial charge in [0.05, 0.1) is 5.69 Å². The molecular formula is C16H14N6O. The molecule has 114 valence electrons. The van der Waals surface area contributed by atoms with Crippen LogP contribution in [-0.4, -0.2) is 10.8 Å². The Morgan fingerprint density at radius 1 is 1.09 bits per heavy atom. The molecule has 23 heavy (non-hydrogen) atoms. The van der Waals surface area contributed by atoms with Crippen molar-refractivity contribution in [2.24, 2.45) is 5.18 Å². The first-order valence-corrected chi connectivity index (χ1v) is 6.86. The summed E-state index contributed by atoms with van der Waals surface area (Å²) in [5.41, 5.74) is 13.9. The summed E-state index contributed by atoms with van der Waals surface area (Å²) in [7, 11) is 0. The van der Waals surface area contributed by atoms with Crippen LogP contribution < -0.4 is 16.6 Å². The van der Waals surface area contributed by atoms with E-state index >= 15 is 0 Å². The number of hydrogen-bond donors (Lipinski definition) is 4. The van der Waals surface area contributed by atoms with Crippen molar-refractivity contribution in [3.05, 3.63) is 65.2 Å². The number of fused-ring (bicyclic) bond motifs is 1. The Morgan fingerprint density at radius 3 is 2.57 bits per heavy atom. The molecule has 0 aliphatic rings. The molecule has 0 radical (unpaired) electrons. The molecule has 1 aromatic heterocycles. The van der Waals surface area contributed by atoms with Crippen LogP contribution in [0.1, 0.15) is 5.56 Å². The number of nitrogens with two attached hydrogens (primary N) is 1. The molecular weight excluding hydrogens is 292 g/mol. The fourth-order valence-electron chi connectivity index (χ4n) is 2.21. The van der Waals surface area contributed by atoms with Gasteiger partial charge in [-0.2, -0.15) is 0 Å².